The molecule has 1 N–H and O–H groups in total. The molecule has 32 heavy (non-hydrogen) atoms. The van der Waals surface area contributed by atoms with Crippen molar-refractivity contribution >= 4 is 36.2 Å². The highest BCUT2D eigenvalue weighted by atomic mass is 35.5. The molecule has 1 aromatic heterocycles. The molecule has 0 saturated carbocycles. The van der Waals surface area contributed by atoms with Gasteiger partial charge in [-0.25, -0.2) is 0 Å². The number of nitrogens with zero attached hydrogens (tertiary/aromatic N) is 1. The first-order chi connectivity index (χ1) is 14.8. The first-order valence-corrected chi connectivity index (χ1v) is 11.1. The zero-order chi connectivity index (χ0) is 20.8. The SMILES string of the molecule is COc1cc(OCc2ccccc2)c([C@@H](c2cccs2)N2CCNCC2)cc1OC.Cl.Cl. The lowest BCUT2D eigenvalue weighted by Gasteiger charge is -2.35. The van der Waals surface area contributed by atoms with Gasteiger partial charge in [0, 0.05) is 42.7 Å². The summed E-state index contributed by atoms with van der Waals surface area (Å²) in [6.07, 6.45) is 0. The highest BCUT2D eigenvalue weighted by Crippen LogP contribution is 2.43. The second-order valence-electron chi connectivity index (χ2n) is 7.22. The van der Waals surface area contributed by atoms with E-state index in [1.807, 2.05) is 24.3 Å². The minimum absolute atomic E-state index is 0. The molecule has 5 nitrogen and oxygen atoms in total. The number of halogens is 2. The number of nitrogens with one attached hydrogen (secondary N) is 1. The molecule has 1 saturated heterocycles. The van der Waals surface area contributed by atoms with Crippen molar-refractivity contribution in [2.75, 3.05) is 40.4 Å². The van der Waals surface area contributed by atoms with Crippen LogP contribution in [0.5, 0.6) is 17.2 Å². The van der Waals surface area contributed by atoms with Gasteiger partial charge < -0.3 is 19.5 Å². The van der Waals surface area contributed by atoms with Crippen molar-refractivity contribution in [2.24, 2.45) is 0 Å². The number of hydrogen-bond donors (Lipinski definition) is 1. The summed E-state index contributed by atoms with van der Waals surface area (Å²) < 4.78 is 17.6. The van der Waals surface area contributed by atoms with Gasteiger partial charge in [-0.2, -0.15) is 0 Å². The second kappa shape index (κ2) is 12.9. The Labute approximate surface area is 206 Å². The van der Waals surface area contributed by atoms with E-state index >= 15 is 0 Å². The number of methoxy groups -OCH3 is 2. The van der Waals surface area contributed by atoms with E-state index in [1.54, 1.807) is 25.6 Å². The predicted molar refractivity (Wildman–Crippen MR) is 135 cm³/mol. The first-order valence-electron chi connectivity index (χ1n) is 10.2. The van der Waals surface area contributed by atoms with E-state index in [4.69, 9.17) is 14.2 Å². The highest BCUT2D eigenvalue weighted by molar-refractivity contribution is 7.10. The Morgan fingerprint density at radius 1 is 0.906 bits per heavy atom. The van der Waals surface area contributed by atoms with Crippen molar-refractivity contribution < 1.29 is 14.2 Å². The number of benzene rings is 2. The number of rotatable bonds is 8. The molecule has 1 aliphatic rings. The van der Waals surface area contributed by atoms with Gasteiger partial charge >= 0.3 is 0 Å². The quantitative estimate of drug-likeness (QED) is 0.465. The fourth-order valence-electron chi connectivity index (χ4n) is 3.87. The molecule has 0 unspecified atom stereocenters. The largest absolute Gasteiger partial charge is 0.493 e. The van der Waals surface area contributed by atoms with E-state index in [2.05, 4.69) is 45.9 Å². The van der Waals surface area contributed by atoms with Gasteiger partial charge in [-0.15, -0.1) is 36.2 Å². The summed E-state index contributed by atoms with van der Waals surface area (Å²) in [6.45, 7) is 4.43. The van der Waals surface area contributed by atoms with Crippen molar-refractivity contribution in [1.82, 2.24) is 10.2 Å². The van der Waals surface area contributed by atoms with Crippen molar-refractivity contribution in [3.05, 3.63) is 76.0 Å². The van der Waals surface area contributed by atoms with Crippen molar-refractivity contribution in [2.45, 2.75) is 12.6 Å². The second-order valence-corrected chi connectivity index (χ2v) is 8.20. The van der Waals surface area contributed by atoms with E-state index in [-0.39, 0.29) is 30.9 Å². The molecule has 2 heterocycles. The number of thiophene rings is 1. The van der Waals surface area contributed by atoms with E-state index in [1.165, 1.54) is 4.88 Å². The van der Waals surface area contributed by atoms with E-state index < -0.39 is 0 Å². The summed E-state index contributed by atoms with van der Waals surface area (Å²) >= 11 is 1.78. The third-order valence-electron chi connectivity index (χ3n) is 5.38. The van der Waals surface area contributed by atoms with Gasteiger partial charge in [0.25, 0.3) is 0 Å². The molecule has 1 atom stereocenters. The lowest BCUT2D eigenvalue weighted by atomic mass is 10.0. The van der Waals surface area contributed by atoms with Gasteiger partial charge in [-0.1, -0.05) is 36.4 Å². The van der Waals surface area contributed by atoms with Crippen LogP contribution in [0, 0.1) is 0 Å². The Balaban J connectivity index is 0.00000181. The molecule has 3 aromatic rings. The van der Waals surface area contributed by atoms with Crippen LogP contribution in [0.4, 0.5) is 0 Å². The minimum Gasteiger partial charge on any atom is -0.493 e. The Morgan fingerprint density at radius 3 is 2.22 bits per heavy atom. The monoisotopic (exact) mass is 496 g/mol. The van der Waals surface area contributed by atoms with Crippen LogP contribution in [0.3, 0.4) is 0 Å². The lowest BCUT2D eigenvalue weighted by Crippen LogP contribution is -2.45. The summed E-state index contributed by atoms with van der Waals surface area (Å²) in [5.74, 6) is 2.22. The molecule has 8 heteroatoms. The Kier molecular flexibility index (Phi) is 10.6. The molecule has 0 bridgehead atoms. The average Bonchev–Trinajstić information content (AvgIpc) is 3.33. The molecule has 4 rings (SSSR count). The smallest absolute Gasteiger partial charge is 0.164 e. The minimum atomic E-state index is 0. The fourth-order valence-corrected chi connectivity index (χ4v) is 4.74. The van der Waals surface area contributed by atoms with Crippen LogP contribution in [0.1, 0.15) is 22.0 Å². The summed E-state index contributed by atoms with van der Waals surface area (Å²) in [5, 5.41) is 5.59. The maximum absolute atomic E-state index is 6.36. The van der Waals surface area contributed by atoms with Crippen LogP contribution < -0.4 is 19.5 Å². The molecule has 0 amide bonds. The van der Waals surface area contributed by atoms with Crippen molar-refractivity contribution in [3.8, 4) is 17.2 Å². The molecular formula is C24H30Cl2N2O3S. The summed E-state index contributed by atoms with van der Waals surface area (Å²) in [6, 6.07) is 18.7. The molecule has 1 fully saturated rings. The summed E-state index contributed by atoms with van der Waals surface area (Å²) in [4.78, 5) is 3.81. The summed E-state index contributed by atoms with van der Waals surface area (Å²) in [5.41, 5.74) is 2.24. The maximum Gasteiger partial charge on any atom is 0.164 e. The predicted octanol–water partition coefficient (Wildman–Crippen LogP) is 5.18. The molecule has 174 valence electrons. The van der Waals surface area contributed by atoms with Crippen LogP contribution >= 0.6 is 36.2 Å². The third-order valence-corrected chi connectivity index (χ3v) is 6.30. The van der Waals surface area contributed by atoms with E-state index in [0.717, 1.165) is 48.8 Å². The third kappa shape index (κ3) is 6.09. The van der Waals surface area contributed by atoms with Gasteiger partial charge in [0.2, 0.25) is 0 Å². The van der Waals surface area contributed by atoms with Gasteiger partial charge in [0.15, 0.2) is 11.5 Å². The first kappa shape index (κ1) is 26.3. The molecule has 1 aliphatic heterocycles. The topological polar surface area (TPSA) is 43.0 Å². The molecule has 2 aromatic carbocycles. The standard InChI is InChI=1S/C24H28N2O3S.2ClH/c1-27-21-15-19(24(23-9-6-14-30-23)26-12-10-25-11-13-26)20(16-22(21)28-2)29-17-18-7-4-3-5-8-18;;/h3-9,14-16,24-25H,10-13,17H2,1-2H3;2*1H/t24-;;/m0../s1. The van der Waals surface area contributed by atoms with E-state index in [9.17, 15) is 0 Å². The number of ether oxygens (including phenoxy) is 3. The van der Waals surface area contributed by atoms with E-state index in [0.29, 0.717) is 12.4 Å². The molecule has 0 radical (unpaired) electrons. The Hall–Kier alpha value is -1.96. The zero-order valence-electron chi connectivity index (χ0n) is 18.3. The van der Waals surface area contributed by atoms with Gasteiger partial charge in [0.1, 0.15) is 12.4 Å². The molecular weight excluding hydrogens is 467 g/mol. The number of hydrogen-bond acceptors (Lipinski definition) is 6. The average molecular weight is 497 g/mol. The van der Waals surface area contributed by atoms with Gasteiger partial charge in [-0.3, -0.25) is 4.90 Å². The summed E-state index contributed by atoms with van der Waals surface area (Å²) in [7, 11) is 3.34. The normalized spacial score (nSPS) is 14.6. The Morgan fingerprint density at radius 2 is 1.59 bits per heavy atom. The van der Waals surface area contributed by atoms with Crippen LogP contribution in [0.25, 0.3) is 0 Å². The van der Waals surface area contributed by atoms with Gasteiger partial charge in [0.05, 0.1) is 20.3 Å². The highest BCUT2D eigenvalue weighted by Gasteiger charge is 2.29. The van der Waals surface area contributed by atoms with Crippen LogP contribution in [0.2, 0.25) is 0 Å². The molecule has 0 spiro atoms. The van der Waals surface area contributed by atoms with Gasteiger partial charge in [-0.05, 0) is 23.1 Å². The van der Waals surface area contributed by atoms with Crippen LogP contribution in [0.15, 0.2) is 60.0 Å². The lowest BCUT2D eigenvalue weighted by molar-refractivity contribution is 0.194. The number of piperazine rings is 1. The Bertz CT molecular complexity index is 936. The van der Waals surface area contributed by atoms with Crippen LogP contribution in [-0.4, -0.2) is 45.3 Å². The maximum atomic E-state index is 6.36. The fraction of sp³-hybridized carbons (Fsp3) is 0.333. The molecule has 0 aliphatic carbocycles. The van der Waals surface area contributed by atoms with Crippen LogP contribution in [-0.2, 0) is 6.61 Å². The van der Waals surface area contributed by atoms with Crippen molar-refractivity contribution in [1.29, 1.82) is 0 Å². The zero-order valence-corrected chi connectivity index (χ0v) is 20.7. The van der Waals surface area contributed by atoms with Crippen molar-refractivity contribution in [3.63, 3.8) is 0 Å².